The summed E-state index contributed by atoms with van der Waals surface area (Å²) in [4.78, 5) is 5.81. The Hall–Kier alpha value is -3.05. The highest BCUT2D eigenvalue weighted by atomic mass is 16.5. The van der Waals surface area contributed by atoms with Crippen LogP contribution in [0.1, 0.15) is 24.8 Å². The second-order valence-electron chi connectivity index (χ2n) is 8.07. The lowest BCUT2D eigenvalue weighted by atomic mass is 10.1. The molecule has 3 heterocycles. The van der Waals surface area contributed by atoms with Gasteiger partial charge in [0.2, 0.25) is 5.88 Å². The van der Waals surface area contributed by atoms with Gasteiger partial charge in [-0.2, -0.15) is 0 Å². The van der Waals surface area contributed by atoms with Crippen LogP contribution in [0.25, 0.3) is 22.0 Å². The van der Waals surface area contributed by atoms with Crippen molar-refractivity contribution in [3.05, 3.63) is 72.6 Å². The summed E-state index contributed by atoms with van der Waals surface area (Å²) < 4.78 is 8.24. The summed E-state index contributed by atoms with van der Waals surface area (Å²) in [7, 11) is 0. The first kappa shape index (κ1) is 18.9. The van der Waals surface area contributed by atoms with Crippen molar-refractivity contribution < 1.29 is 4.74 Å². The molecule has 0 atom stereocenters. The fraction of sp³-hybridized carbons (Fsp3) is 0.320. The molecule has 0 aliphatic carbocycles. The average molecular weight is 401 g/mol. The lowest BCUT2D eigenvalue weighted by Crippen LogP contribution is -2.32. The van der Waals surface area contributed by atoms with E-state index in [9.17, 15) is 0 Å². The second kappa shape index (κ2) is 8.76. The van der Waals surface area contributed by atoms with Crippen LogP contribution in [-0.2, 0) is 13.2 Å². The van der Waals surface area contributed by atoms with Gasteiger partial charge in [0.05, 0.1) is 12.1 Å². The van der Waals surface area contributed by atoms with Crippen molar-refractivity contribution in [3.63, 3.8) is 0 Å². The molecule has 1 saturated heterocycles. The number of aromatic nitrogens is 3. The van der Waals surface area contributed by atoms with Crippen LogP contribution in [0.4, 0.5) is 0 Å². The van der Waals surface area contributed by atoms with Crippen molar-refractivity contribution in [2.24, 2.45) is 0 Å². The van der Waals surface area contributed by atoms with E-state index in [2.05, 4.69) is 52.5 Å². The lowest BCUT2D eigenvalue weighted by Gasteiger charge is -2.26. The Kier molecular flexibility index (Phi) is 5.53. The van der Waals surface area contributed by atoms with Gasteiger partial charge in [-0.1, -0.05) is 42.8 Å². The molecule has 0 radical (unpaired) electrons. The molecule has 0 unspecified atom stereocenters. The minimum absolute atomic E-state index is 0.517. The van der Waals surface area contributed by atoms with Crippen molar-refractivity contribution in [3.8, 4) is 17.0 Å². The summed E-state index contributed by atoms with van der Waals surface area (Å²) >= 11 is 0. The molecular formula is C25H28N4O. The van der Waals surface area contributed by atoms with E-state index in [4.69, 9.17) is 9.84 Å². The van der Waals surface area contributed by atoms with Crippen LogP contribution in [-0.4, -0.2) is 39.3 Å². The maximum Gasteiger partial charge on any atom is 0.241 e. The van der Waals surface area contributed by atoms with E-state index in [1.165, 1.54) is 37.7 Å². The number of nitrogens with one attached hydrogen (secondary N) is 1. The Labute approximate surface area is 177 Å². The third-order valence-corrected chi connectivity index (χ3v) is 5.90. The highest BCUT2D eigenvalue weighted by molar-refractivity contribution is 5.85. The first-order valence-corrected chi connectivity index (χ1v) is 10.9. The molecule has 5 heteroatoms. The van der Waals surface area contributed by atoms with Crippen LogP contribution in [0.15, 0.2) is 67.0 Å². The average Bonchev–Trinajstić information content (AvgIpc) is 3.44. The molecule has 2 aromatic heterocycles. The Morgan fingerprint density at radius 1 is 0.933 bits per heavy atom. The van der Waals surface area contributed by atoms with Gasteiger partial charge in [-0.15, -0.1) is 5.10 Å². The van der Waals surface area contributed by atoms with E-state index in [1.807, 2.05) is 29.1 Å². The third-order valence-electron chi connectivity index (χ3n) is 5.90. The zero-order valence-electron chi connectivity index (χ0n) is 17.3. The van der Waals surface area contributed by atoms with Gasteiger partial charge in [0.15, 0.2) is 0 Å². The molecule has 0 amide bonds. The molecule has 154 valence electrons. The van der Waals surface area contributed by atoms with E-state index >= 15 is 0 Å². The van der Waals surface area contributed by atoms with Crippen molar-refractivity contribution >= 4 is 10.9 Å². The zero-order chi connectivity index (χ0) is 20.2. The summed E-state index contributed by atoms with van der Waals surface area (Å²) in [6, 6.07) is 18.8. The van der Waals surface area contributed by atoms with Gasteiger partial charge in [0, 0.05) is 24.5 Å². The van der Waals surface area contributed by atoms with Crippen molar-refractivity contribution in [1.29, 1.82) is 0 Å². The van der Waals surface area contributed by atoms with Gasteiger partial charge in [0.25, 0.3) is 0 Å². The topological polar surface area (TPSA) is 46.1 Å². The van der Waals surface area contributed by atoms with Crippen LogP contribution < -0.4 is 4.74 Å². The SMILES string of the molecule is c1ccc(COc2nn(CCN3CCCCC3)cc2-c2ccc3[nH]ccc3c2)cc1. The van der Waals surface area contributed by atoms with Gasteiger partial charge < -0.3 is 14.6 Å². The van der Waals surface area contributed by atoms with Crippen molar-refractivity contribution in [2.75, 3.05) is 19.6 Å². The van der Waals surface area contributed by atoms with Crippen LogP contribution in [0.2, 0.25) is 0 Å². The zero-order valence-corrected chi connectivity index (χ0v) is 17.3. The van der Waals surface area contributed by atoms with E-state index < -0.39 is 0 Å². The number of fused-ring (bicyclic) bond motifs is 1. The monoisotopic (exact) mass is 400 g/mol. The second-order valence-corrected chi connectivity index (χ2v) is 8.07. The molecule has 30 heavy (non-hydrogen) atoms. The van der Waals surface area contributed by atoms with Gasteiger partial charge >= 0.3 is 0 Å². The fourth-order valence-corrected chi connectivity index (χ4v) is 4.20. The number of rotatable bonds is 7. The normalized spacial score (nSPS) is 14.9. The molecule has 1 aliphatic rings. The van der Waals surface area contributed by atoms with Crippen LogP contribution in [0.5, 0.6) is 5.88 Å². The number of hydrogen-bond acceptors (Lipinski definition) is 3. The van der Waals surface area contributed by atoms with Crippen molar-refractivity contribution in [2.45, 2.75) is 32.4 Å². The van der Waals surface area contributed by atoms with Crippen molar-refractivity contribution in [1.82, 2.24) is 19.7 Å². The number of benzene rings is 2. The molecule has 1 N–H and O–H groups in total. The third kappa shape index (κ3) is 4.26. The lowest BCUT2D eigenvalue weighted by molar-refractivity contribution is 0.216. The number of likely N-dealkylation sites (tertiary alicyclic amines) is 1. The minimum Gasteiger partial charge on any atom is -0.471 e. The molecule has 1 aliphatic heterocycles. The summed E-state index contributed by atoms with van der Waals surface area (Å²) in [6.07, 6.45) is 8.10. The molecule has 1 fully saturated rings. The molecule has 2 aromatic carbocycles. The first-order chi connectivity index (χ1) is 14.8. The quantitative estimate of drug-likeness (QED) is 0.470. The molecule has 5 rings (SSSR count). The van der Waals surface area contributed by atoms with Gasteiger partial charge in [-0.25, -0.2) is 0 Å². The van der Waals surface area contributed by atoms with E-state index in [-0.39, 0.29) is 0 Å². The van der Waals surface area contributed by atoms with Crippen LogP contribution in [0, 0.1) is 0 Å². The highest BCUT2D eigenvalue weighted by Crippen LogP contribution is 2.31. The Morgan fingerprint density at radius 3 is 2.67 bits per heavy atom. The number of H-pyrrole nitrogens is 1. The largest absolute Gasteiger partial charge is 0.471 e. The number of ether oxygens (including phenoxy) is 1. The van der Waals surface area contributed by atoms with Gasteiger partial charge in [-0.3, -0.25) is 4.68 Å². The smallest absolute Gasteiger partial charge is 0.241 e. The number of piperidine rings is 1. The summed E-state index contributed by atoms with van der Waals surface area (Å²) in [5, 5.41) is 6.01. The minimum atomic E-state index is 0.517. The fourth-order valence-electron chi connectivity index (χ4n) is 4.20. The standard InChI is InChI=1S/C25H28N4O/c1-3-7-20(8-4-1)19-30-25-23(21-9-10-24-22(17-21)11-12-26-24)18-29(27-25)16-15-28-13-5-2-6-14-28/h1,3-4,7-12,17-18,26H,2,5-6,13-16,19H2. The predicted octanol–water partition coefficient (Wildman–Crippen LogP) is 5.10. The van der Waals surface area contributed by atoms with Crippen LogP contribution >= 0.6 is 0 Å². The number of hydrogen-bond donors (Lipinski definition) is 1. The maximum absolute atomic E-state index is 6.19. The molecule has 0 spiro atoms. The van der Waals surface area contributed by atoms with E-state index in [0.717, 1.165) is 35.3 Å². The van der Waals surface area contributed by atoms with Gasteiger partial charge in [-0.05, 0) is 60.6 Å². The first-order valence-electron chi connectivity index (χ1n) is 10.9. The highest BCUT2D eigenvalue weighted by Gasteiger charge is 2.15. The molecular weight excluding hydrogens is 372 g/mol. The summed E-state index contributed by atoms with van der Waals surface area (Å²) in [5.41, 5.74) is 4.47. The van der Waals surface area contributed by atoms with E-state index in [0.29, 0.717) is 12.5 Å². The Balaban J connectivity index is 1.39. The molecule has 0 saturated carbocycles. The van der Waals surface area contributed by atoms with Crippen LogP contribution in [0.3, 0.4) is 0 Å². The Morgan fingerprint density at radius 2 is 1.80 bits per heavy atom. The Bertz CT molecular complexity index is 1090. The maximum atomic E-state index is 6.19. The predicted molar refractivity (Wildman–Crippen MR) is 121 cm³/mol. The summed E-state index contributed by atoms with van der Waals surface area (Å²) in [5.74, 6) is 0.701. The summed E-state index contributed by atoms with van der Waals surface area (Å²) in [6.45, 7) is 4.85. The van der Waals surface area contributed by atoms with E-state index in [1.54, 1.807) is 0 Å². The molecule has 5 nitrogen and oxygen atoms in total. The molecule has 0 bridgehead atoms. The number of aromatic amines is 1. The molecule has 4 aromatic rings. The number of nitrogens with zero attached hydrogens (tertiary/aromatic N) is 3. The van der Waals surface area contributed by atoms with Gasteiger partial charge in [0.1, 0.15) is 6.61 Å².